The maximum absolute atomic E-state index is 12.5. The summed E-state index contributed by atoms with van der Waals surface area (Å²) in [5.41, 5.74) is 7.92. The third-order valence-electron chi connectivity index (χ3n) is 6.18. The van der Waals surface area contributed by atoms with Crippen LogP contribution in [0.3, 0.4) is 0 Å². The van der Waals surface area contributed by atoms with E-state index in [1.54, 1.807) is 20.8 Å². The summed E-state index contributed by atoms with van der Waals surface area (Å²) >= 11 is 11.4. The van der Waals surface area contributed by atoms with Gasteiger partial charge in [-0.25, -0.2) is 10.2 Å². The maximum Gasteiger partial charge on any atom is 0.426 e. The highest BCUT2D eigenvalue weighted by Crippen LogP contribution is 2.25. The van der Waals surface area contributed by atoms with E-state index in [9.17, 15) is 19.5 Å². The van der Waals surface area contributed by atoms with Crippen LogP contribution in [0.5, 0.6) is 0 Å². The Morgan fingerprint density at radius 2 is 1.17 bits per heavy atom. The first-order valence-corrected chi connectivity index (χ1v) is 14.9. The van der Waals surface area contributed by atoms with Gasteiger partial charge in [0.25, 0.3) is 0 Å². The quantitative estimate of drug-likeness (QED) is 0.186. The highest BCUT2D eigenvalue weighted by molar-refractivity contribution is 6.18. The fraction of sp³-hybridized carbons (Fsp3) is 0.516. The van der Waals surface area contributed by atoms with Gasteiger partial charge in [0.05, 0.1) is 11.8 Å². The van der Waals surface area contributed by atoms with E-state index in [1.807, 2.05) is 86.5 Å². The molecule has 0 heterocycles. The zero-order chi connectivity index (χ0) is 31.9. The van der Waals surface area contributed by atoms with E-state index in [-0.39, 0.29) is 5.91 Å². The lowest BCUT2D eigenvalue weighted by Gasteiger charge is -2.21. The highest BCUT2D eigenvalue weighted by Gasteiger charge is 2.23. The molecule has 0 saturated carbocycles. The van der Waals surface area contributed by atoms with E-state index in [4.69, 9.17) is 27.9 Å². The molecule has 2 rings (SSSR count). The number of nitrogens with zero attached hydrogens (tertiary/aromatic N) is 2. The van der Waals surface area contributed by atoms with Gasteiger partial charge in [-0.3, -0.25) is 15.0 Å². The zero-order valence-electron chi connectivity index (χ0n) is 25.7. The van der Waals surface area contributed by atoms with Gasteiger partial charge in [0.1, 0.15) is 5.60 Å². The molecule has 9 nitrogen and oxygen atoms in total. The first kappa shape index (κ1) is 36.9. The van der Waals surface area contributed by atoms with Crippen molar-refractivity contribution in [1.82, 2.24) is 10.9 Å². The smallest absolute Gasteiger partial charge is 0.426 e. The van der Waals surface area contributed by atoms with Crippen molar-refractivity contribution < 1.29 is 24.2 Å². The lowest BCUT2D eigenvalue weighted by Crippen LogP contribution is -2.46. The summed E-state index contributed by atoms with van der Waals surface area (Å²) in [5, 5.41) is 9.18. The Morgan fingerprint density at radius 3 is 1.52 bits per heavy atom. The number of carboxylic acids is 1. The van der Waals surface area contributed by atoms with Gasteiger partial charge in [0, 0.05) is 51.3 Å². The summed E-state index contributed by atoms with van der Waals surface area (Å²) in [5.74, 6) is -0.963. The Balaban J connectivity index is 0.000000452. The predicted octanol–water partition coefficient (Wildman–Crippen LogP) is 6.35. The minimum atomic E-state index is -0.785. The van der Waals surface area contributed by atoms with Crippen molar-refractivity contribution in [1.29, 1.82) is 0 Å². The highest BCUT2D eigenvalue weighted by atomic mass is 35.5. The zero-order valence-corrected chi connectivity index (χ0v) is 27.3. The molecule has 2 unspecified atom stereocenters. The Kier molecular flexibility index (Phi) is 16.1. The number of anilines is 2. The summed E-state index contributed by atoms with van der Waals surface area (Å²) in [6.45, 7) is 5.26. The number of nitrogens with one attached hydrogen (secondary N) is 2. The molecule has 0 radical (unpaired) electrons. The van der Waals surface area contributed by atoms with Crippen molar-refractivity contribution >= 4 is 52.5 Å². The first-order chi connectivity index (χ1) is 19.7. The normalized spacial score (nSPS) is 12.2. The maximum atomic E-state index is 12.5. The average Bonchev–Trinajstić information content (AvgIpc) is 2.92. The van der Waals surface area contributed by atoms with E-state index in [0.717, 1.165) is 22.5 Å². The molecule has 42 heavy (non-hydrogen) atoms. The molecule has 2 amide bonds. The molecule has 3 N–H and O–H groups in total. The van der Waals surface area contributed by atoms with Crippen molar-refractivity contribution in [2.75, 3.05) is 49.8 Å². The van der Waals surface area contributed by atoms with Crippen LogP contribution < -0.4 is 20.7 Å². The topological polar surface area (TPSA) is 111 Å². The standard InChI is InChI=1S/C18H28ClN3O3.C13H18ClNO2/c1-18(2,3)25-17(24)21-20-16(23)15(7-6-12-19)13-8-10-14(11-9-13)22(4)5;1-15(2)11-7-5-10(6-8-11)12(13(16)17)4-3-9-14/h8-11,15H,6-7,12H2,1-5H3,(H,20,23)(H,21,24);5-8,12H,3-4,9H2,1-2H3,(H,16,17). The number of ether oxygens (including phenoxy) is 1. The van der Waals surface area contributed by atoms with Gasteiger partial charge in [-0.1, -0.05) is 24.3 Å². The van der Waals surface area contributed by atoms with Gasteiger partial charge in [0.15, 0.2) is 0 Å². The number of hydrazine groups is 1. The Morgan fingerprint density at radius 1 is 0.762 bits per heavy atom. The molecule has 0 aliphatic rings. The third-order valence-corrected chi connectivity index (χ3v) is 6.71. The summed E-state index contributed by atoms with van der Waals surface area (Å²) in [7, 11) is 7.82. The number of carbonyl (C=O) groups is 3. The van der Waals surface area contributed by atoms with Crippen molar-refractivity contribution in [3.63, 3.8) is 0 Å². The second kappa shape index (κ2) is 18.4. The molecule has 0 spiro atoms. The Hall–Kier alpha value is -3.17. The summed E-state index contributed by atoms with van der Waals surface area (Å²) < 4.78 is 5.11. The number of carboxylic acid groups (broad SMARTS) is 1. The van der Waals surface area contributed by atoms with Gasteiger partial charge in [-0.05, 0) is 81.8 Å². The van der Waals surface area contributed by atoms with E-state index >= 15 is 0 Å². The molecule has 0 aromatic heterocycles. The van der Waals surface area contributed by atoms with Crippen molar-refractivity contribution in [2.24, 2.45) is 0 Å². The van der Waals surface area contributed by atoms with Crippen LogP contribution >= 0.6 is 23.2 Å². The fourth-order valence-electron chi connectivity index (χ4n) is 3.96. The van der Waals surface area contributed by atoms with E-state index in [0.29, 0.717) is 37.4 Å². The van der Waals surface area contributed by atoms with Gasteiger partial charge < -0.3 is 19.6 Å². The fourth-order valence-corrected chi connectivity index (χ4v) is 4.27. The molecule has 2 aromatic rings. The molecule has 0 aliphatic carbocycles. The van der Waals surface area contributed by atoms with E-state index in [2.05, 4.69) is 10.9 Å². The predicted molar refractivity (Wildman–Crippen MR) is 172 cm³/mol. The molecule has 0 aliphatic heterocycles. The number of carbonyl (C=O) groups excluding carboxylic acids is 2. The molecule has 2 aromatic carbocycles. The number of hydrogen-bond acceptors (Lipinski definition) is 6. The van der Waals surface area contributed by atoms with E-state index < -0.39 is 29.5 Å². The Bertz CT molecular complexity index is 1100. The number of aliphatic carboxylic acids is 1. The number of alkyl halides is 2. The van der Waals surface area contributed by atoms with Crippen LogP contribution in [0.25, 0.3) is 0 Å². The molecular weight excluding hydrogens is 579 g/mol. The molecule has 0 bridgehead atoms. The lowest BCUT2D eigenvalue weighted by molar-refractivity contribution is -0.139. The number of halogens is 2. The van der Waals surface area contributed by atoms with Crippen LogP contribution in [0.4, 0.5) is 16.2 Å². The molecular formula is C31H46Cl2N4O5. The summed E-state index contributed by atoms with van der Waals surface area (Å²) in [6.07, 6.45) is 1.89. The molecule has 234 valence electrons. The third kappa shape index (κ3) is 13.7. The van der Waals surface area contributed by atoms with Crippen LogP contribution in [0.2, 0.25) is 0 Å². The number of rotatable bonds is 12. The number of hydrogen-bond donors (Lipinski definition) is 3. The summed E-state index contributed by atoms with van der Waals surface area (Å²) in [4.78, 5) is 39.3. The van der Waals surface area contributed by atoms with Crippen LogP contribution in [-0.2, 0) is 14.3 Å². The van der Waals surface area contributed by atoms with Gasteiger partial charge in [-0.15, -0.1) is 23.2 Å². The first-order valence-electron chi connectivity index (χ1n) is 13.9. The van der Waals surface area contributed by atoms with Crippen LogP contribution in [0.15, 0.2) is 48.5 Å². The SMILES string of the molecule is CN(C)c1ccc(C(CCCCl)C(=O)NNC(=O)OC(C)(C)C)cc1.CN(C)c1ccc(C(CCCCl)C(=O)O)cc1. The minimum absolute atomic E-state index is 0.298. The monoisotopic (exact) mass is 624 g/mol. The van der Waals surface area contributed by atoms with Crippen LogP contribution in [0, 0.1) is 0 Å². The largest absolute Gasteiger partial charge is 0.481 e. The van der Waals surface area contributed by atoms with Crippen LogP contribution in [0.1, 0.15) is 69.4 Å². The van der Waals surface area contributed by atoms with Gasteiger partial charge in [0.2, 0.25) is 5.91 Å². The second-order valence-corrected chi connectivity index (χ2v) is 11.9. The van der Waals surface area contributed by atoms with Crippen molar-refractivity contribution in [3.05, 3.63) is 59.7 Å². The number of benzene rings is 2. The van der Waals surface area contributed by atoms with Crippen molar-refractivity contribution in [3.8, 4) is 0 Å². The summed E-state index contributed by atoms with van der Waals surface area (Å²) in [6, 6.07) is 15.4. The Labute approximate surface area is 260 Å². The second-order valence-electron chi connectivity index (χ2n) is 11.2. The van der Waals surface area contributed by atoms with Gasteiger partial charge >= 0.3 is 12.1 Å². The number of amides is 2. The van der Waals surface area contributed by atoms with E-state index in [1.165, 1.54) is 0 Å². The molecule has 0 fully saturated rings. The molecule has 0 saturated heterocycles. The lowest BCUT2D eigenvalue weighted by atomic mass is 9.93. The minimum Gasteiger partial charge on any atom is -0.481 e. The molecule has 2 atom stereocenters. The molecule has 11 heteroatoms. The van der Waals surface area contributed by atoms with Gasteiger partial charge in [-0.2, -0.15) is 0 Å². The average molecular weight is 626 g/mol. The van der Waals surface area contributed by atoms with Crippen LogP contribution in [-0.4, -0.2) is 68.6 Å². The van der Waals surface area contributed by atoms with Crippen molar-refractivity contribution in [2.45, 2.75) is 63.9 Å².